The second kappa shape index (κ2) is 6.72. The van der Waals surface area contributed by atoms with Crippen molar-refractivity contribution in [3.05, 3.63) is 69.9 Å². The molecule has 136 valence electrons. The molecular weight excluding hydrogens is 342 g/mol. The molecule has 27 heavy (non-hydrogen) atoms. The third-order valence-corrected chi connectivity index (χ3v) is 4.53. The first-order chi connectivity index (χ1) is 13.1. The van der Waals surface area contributed by atoms with Crippen molar-refractivity contribution in [1.29, 1.82) is 0 Å². The van der Waals surface area contributed by atoms with E-state index in [4.69, 9.17) is 9.47 Å². The maximum atomic E-state index is 12.5. The Balaban J connectivity index is 1.75. The van der Waals surface area contributed by atoms with Crippen molar-refractivity contribution >= 4 is 21.8 Å². The van der Waals surface area contributed by atoms with Crippen LogP contribution in [0.5, 0.6) is 11.5 Å². The summed E-state index contributed by atoms with van der Waals surface area (Å²) >= 11 is 0. The molecule has 2 heterocycles. The SMILES string of the molecule is COc1cc2nc(Cc3cnc4cc(C)ccc4c3)[nH]c(=O)c2cc1OC. The number of aromatic amines is 1. The molecule has 0 saturated carbocycles. The number of nitrogens with zero attached hydrogens (tertiary/aromatic N) is 2. The van der Waals surface area contributed by atoms with Gasteiger partial charge in [0.1, 0.15) is 5.82 Å². The lowest BCUT2D eigenvalue weighted by atomic mass is 10.1. The van der Waals surface area contributed by atoms with Crippen molar-refractivity contribution in [2.24, 2.45) is 0 Å². The first-order valence-electron chi connectivity index (χ1n) is 8.57. The molecule has 4 rings (SSSR count). The van der Waals surface area contributed by atoms with Gasteiger partial charge >= 0.3 is 0 Å². The number of ether oxygens (including phenoxy) is 2. The lowest BCUT2D eigenvalue weighted by Gasteiger charge is -2.09. The van der Waals surface area contributed by atoms with Gasteiger partial charge in [-0.1, -0.05) is 12.1 Å². The smallest absolute Gasteiger partial charge is 0.258 e. The summed E-state index contributed by atoms with van der Waals surface area (Å²) in [4.78, 5) is 24.5. The number of fused-ring (bicyclic) bond motifs is 2. The van der Waals surface area contributed by atoms with Crippen LogP contribution in [0.1, 0.15) is 17.0 Å². The Morgan fingerprint density at radius 2 is 1.78 bits per heavy atom. The summed E-state index contributed by atoms with van der Waals surface area (Å²) in [7, 11) is 3.09. The summed E-state index contributed by atoms with van der Waals surface area (Å²) in [6.07, 6.45) is 2.30. The average molecular weight is 361 g/mol. The van der Waals surface area contributed by atoms with Crippen LogP contribution >= 0.6 is 0 Å². The van der Waals surface area contributed by atoms with Crippen molar-refractivity contribution in [1.82, 2.24) is 15.0 Å². The highest BCUT2D eigenvalue weighted by Crippen LogP contribution is 2.30. The van der Waals surface area contributed by atoms with Crippen molar-refractivity contribution in [2.45, 2.75) is 13.3 Å². The van der Waals surface area contributed by atoms with Gasteiger partial charge in [-0.15, -0.1) is 0 Å². The molecule has 0 spiro atoms. The normalized spacial score (nSPS) is 11.1. The zero-order valence-electron chi connectivity index (χ0n) is 15.4. The fraction of sp³-hybridized carbons (Fsp3) is 0.190. The zero-order chi connectivity index (χ0) is 19.0. The quantitative estimate of drug-likeness (QED) is 0.603. The Bertz CT molecular complexity index is 1210. The molecule has 6 nitrogen and oxygen atoms in total. The number of methoxy groups -OCH3 is 2. The number of hydrogen-bond acceptors (Lipinski definition) is 5. The van der Waals surface area contributed by atoms with Gasteiger partial charge in [-0.25, -0.2) is 4.98 Å². The van der Waals surface area contributed by atoms with Gasteiger partial charge in [0.25, 0.3) is 5.56 Å². The zero-order valence-corrected chi connectivity index (χ0v) is 15.4. The van der Waals surface area contributed by atoms with Crippen LogP contribution < -0.4 is 15.0 Å². The molecule has 0 radical (unpaired) electrons. The maximum absolute atomic E-state index is 12.5. The number of pyridine rings is 1. The molecule has 0 saturated heterocycles. The van der Waals surface area contributed by atoms with E-state index in [0.717, 1.165) is 16.5 Å². The van der Waals surface area contributed by atoms with E-state index < -0.39 is 0 Å². The third-order valence-electron chi connectivity index (χ3n) is 4.53. The van der Waals surface area contributed by atoms with Gasteiger partial charge in [0, 0.05) is 24.1 Å². The molecule has 0 unspecified atom stereocenters. The van der Waals surface area contributed by atoms with E-state index in [0.29, 0.717) is 34.6 Å². The molecule has 4 aromatic rings. The van der Waals surface area contributed by atoms with E-state index in [-0.39, 0.29) is 5.56 Å². The number of nitrogens with one attached hydrogen (secondary N) is 1. The van der Waals surface area contributed by atoms with Crippen LogP contribution in [0.4, 0.5) is 0 Å². The lowest BCUT2D eigenvalue weighted by Crippen LogP contribution is -2.12. The fourth-order valence-corrected chi connectivity index (χ4v) is 3.17. The number of aryl methyl sites for hydroxylation is 1. The Hall–Kier alpha value is -3.41. The summed E-state index contributed by atoms with van der Waals surface area (Å²) in [5, 5.41) is 1.52. The highest BCUT2D eigenvalue weighted by molar-refractivity contribution is 5.82. The summed E-state index contributed by atoms with van der Waals surface area (Å²) in [6, 6.07) is 11.6. The van der Waals surface area contributed by atoms with Crippen LogP contribution in [-0.4, -0.2) is 29.2 Å². The van der Waals surface area contributed by atoms with E-state index in [2.05, 4.69) is 39.2 Å². The average Bonchev–Trinajstić information content (AvgIpc) is 2.67. The minimum Gasteiger partial charge on any atom is -0.493 e. The van der Waals surface area contributed by atoms with Crippen molar-refractivity contribution in [3.8, 4) is 11.5 Å². The topological polar surface area (TPSA) is 77.1 Å². The lowest BCUT2D eigenvalue weighted by molar-refractivity contribution is 0.355. The standard InChI is InChI=1S/C21H19N3O3/c1-12-4-5-14-7-13(11-22-16(14)6-12)8-20-23-17-10-19(27-3)18(26-2)9-15(17)21(25)24-20/h4-7,9-11H,8H2,1-3H3,(H,23,24,25). The van der Waals surface area contributed by atoms with Crippen molar-refractivity contribution in [2.75, 3.05) is 14.2 Å². The maximum Gasteiger partial charge on any atom is 0.258 e. The molecule has 0 bridgehead atoms. The van der Waals surface area contributed by atoms with Crippen LogP contribution in [-0.2, 0) is 6.42 Å². The van der Waals surface area contributed by atoms with Crippen LogP contribution in [0.15, 0.2) is 47.4 Å². The van der Waals surface area contributed by atoms with Crippen LogP contribution in [0.25, 0.3) is 21.8 Å². The molecule has 0 aliphatic rings. The van der Waals surface area contributed by atoms with Crippen molar-refractivity contribution in [3.63, 3.8) is 0 Å². The van der Waals surface area contributed by atoms with Gasteiger partial charge in [0.2, 0.25) is 0 Å². The predicted octanol–water partition coefficient (Wildman–Crippen LogP) is 3.39. The Morgan fingerprint density at radius 3 is 2.56 bits per heavy atom. The van der Waals surface area contributed by atoms with E-state index in [1.165, 1.54) is 12.7 Å². The van der Waals surface area contributed by atoms with E-state index in [9.17, 15) is 4.79 Å². The van der Waals surface area contributed by atoms with E-state index >= 15 is 0 Å². The van der Waals surface area contributed by atoms with Gasteiger partial charge in [-0.05, 0) is 36.2 Å². The summed E-state index contributed by atoms with van der Waals surface area (Å²) in [6.45, 7) is 2.04. The first kappa shape index (κ1) is 17.0. The second-order valence-electron chi connectivity index (χ2n) is 6.45. The van der Waals surface area contributed by atoms with Crippen LogP contribution in [0, 0.1) is 6.92 Å². The minimum absolute atomic E-state index is 0.208. The van der Waals surface area contributed by atoms with Gasteiger partial charge in [0.15, 0.2) is 11.5 Å². The molecule has 0 amide bonds. The third kappa shape index (κ3) is 3.21. The molecule has 0 aliphatic heterocycles. The number of rotatable bonds is 4. The molecule has 2 aromatic carbocycles. The first-order valence-corrected chi connectivity index (χ1v) is 8.57. The molecule has 0 aliphatic carbocycles. The summed E-state index contributed by atoms with van der Waals surface area (Å²) in [5.74, 6) is 1.61. The molecule has 2 aromatic heterocycles. The van der Waals surface area contributed by atoms with E-state index in [1.54, 1.807) is 19.2 Å². The Kier molecular flexibility index (Phi) is 4.24. The number of hydrogen-bond donors (Lipinski definition) is 1. The highest BCUT2D eigenvalue weighted by atomic mass is 16.5. The number of H-pyrrole nitrogens is 1. The van der Waals surface area contributed by atoms with E-state index in [1.807, 2.05) is 13.1 Å². The van der Waals surface area contributed by atoms with Gasteiger partial charge < -0.3 is 14.5 Å². The van der Waals surface area contributed by atoms with Crippen LogP contribution in [0.3, 0.4) is 0 Å². The Labute approximate surface area is 155 Å². The van der Waals surface area contributed by atoms with Gasteiger partial charge in [-0.3, -0.25) is 9.78 Å². The predicted molar refractivity (Wildman–Crippen MR) is 105 cm³/mol. The van der Waals surface area contributed by atoms with Gasteiger partial charge in [0.05, 0.1) is 30.6 Å². The number of benzene rings is 2. The van der Waals surface area contributed by atoms with Crippen molar-refractivity contribution < 1.29 is 9.47 Å². The molecule has 6 heteroatoms. The minimum atomic E-state index is -0.208. The number of aromatic nitrogens is 3. The molecule has 1 N–H and O–H groups in total. The largest absolute Gasteiger partial charge is 0.493 e. The Morgan fingerprint density at radius 1 is 1.00 bits per heavy atom. The summed E-state index contributed by atoms with van der Waals surface area (Å²) in [5.41, 5.74) is 3.47. The molecule has 0 fully saturated rings. The second-order valence-corrected chi connectivity index (χ2v) is 6.45. The monoisotopic (exact) mass is 361 g/mol. The van der Waals surface area contributed by atoms with Gasteiger partial charge in [-0.2, -0.15) is 0 Å². The molecule has 0 atom stereocenters. The highest BCUT2D eigenvalue weighted by Gasteiger charge is 2.11. The molecular formula is C21H19N3O3. The summed E-state index contributed by atoms with van der Waals surface area (Å²) < 4.78 is 10.6. The fourth-order valence-electron chi connectivity index (χ4n) is 3.17. The van der Waals surface area contributed by atoms with Crippen LogP contribution in [0.2, 0.25) is 0 Å².